The standard InChI is InChI=1S/C24H23NO5S/c1-4-23(26)18-10-14-21(15-11-18)30-24(27)19-6-5-7-22(16-19)31(28,29)25(3)20-12-8-17(2)9-13-20/h5-16H,4H2,1-3H3. The van der Waals surface area contributed by atoms with Gasteiger partial charge in [0.2, 0.25) is 0 Å². The maximum atomic E-state index is 13.0. The fraction of sp³-hybridized carbons (Fsp3) is 0.167. The number of carbonyl (C=O) groups is 2. The minimum Gasteiger partial charge on any atom is -0.423 e. The molecule has 0 amide bonds. The SMILES string of the molecule is CCC(=O)c1ccc(OC(=O)c2cccc(S(=O)(=O)N(C)c3ccc(C)cc3)c2)cc1. The van der Waals surface area contributed by atoms with Crippen molar-refractivity contribution < 1.29 is 22.7 Å². The van der Waals surface area contributed by atoms with Crippen LogP contribution in [0.2, 0.25) is 0 Å². The van der Waals surface area contributed by atoms with Gasteiger partial charge >= 0.3 is 5.97 Å². The van der Waals surface area contributed by atoms with E-state index >= 15 is 0 Å². The lowest BCUT2D eigenvalue weighted by atomic mass is 10.1. The van der Waals surface area contributed by atoms with Crippen LogP contribution in [0.25, 0.3) is 0 Å². The Morgan fingerprint density at radius 2 is 1.55 bits per heavy atom. The van der Waals surface area contributed by atoms with Gasteiger partial charge in [-0.15, -0.1) is 0 Å². The summed E-state index contributed by atoms with van der Waals surface area (Å²) in [5.41, 5.74) is 2.17. The Hall–Kier alpha value is -3.45. The first-order valence-corrected chi connectivity index (χ1v) is 11.2. The van der Waals surface area contributed by atoms with Crippen molar-refractivity contribution in [3.05, 3.63) is 89.5 Å². The van der Waals surface area contributed by atoms with E-state index in [4.69, 9.17) is 4.74 Å². The van der Waals surface area contributed by atoms with Crippen molar-refractivity contribution in [1.29, 1.82) is 0 Å². The highest BCUT2D eigenvalue weighted by Crippen LogP contribution is 2.23. The Bertz CT molecular complexity index is 1200. The fourth-order valence-corrected chi connectivity index (χ4v) is 4.16. The van der Waals surface area contributed by atoms with Gasteiger partial charge in [-0.2, -0.15) is 0 Å². The van der Waals surface area contributed by atoms with Crippen molar-refractivity contribution in [3.63, 3.8) is 0 Å². The molecule has 0 aromatic heterocycles. The molecule has 0 spiro atoms. The Kier molecular flexibility index (Phi) is 6.56. The van der Waals surface area contributed by atoms with E-state index in [1.54, 1.807) is 31.2 Å². The molecule has 3 rings (SSSR count). The number of hydrogen-bond donors (Lipinski definition) is 0. The normalized spacial score (nSPS) is 11.1. The summed E-state index contributed by atoms with van der Waals surface area (Å²) >= 11 is 0. The average molecular weight is 438 g/mol. The summed E-state index contributed by atoms with van der Waals surface area (Å²) in [7, 11) is -2.40. The number of esters is 1. The second kappa shape index (κ2) is 9.14. The average Bonchev–Trinajstić information content (AvgIpc) is 2.79. The fourth-order valence-electron chi connectivity index (χ4n) is 2.91. The van der Waals surface area contributed by atoms with Crippen LogP contribution in [0.3, 0.4) is 0 Å². The number of carbonyl (C=O) groups excluding carboxylic acids is 2. The molecule has 6 nitrogen and oxygen atoms in total. The lowest BCUT2D eigenvalue weighted by Gasteiger charge is -2.20. The van der Waals surface area contributed by atoms with Gasteiger partial charge in [-0.1, -0.05) is 30.7 Å². The van der Waals surface area contributed by atoms with Crippen LogP contribution in [0.15, 0.2) is 77.7 Å². The maximum Gasteiger partial charge on any atom is 0.343 e. The van der Waals surface area contributed by atoms with Crippen molar-refractivity contribution >= 4 is 27.5 Å². The quantitative estimate of drug-likeness (QED) is 0.306. The van der Waals surface area contributed by atoms with Gasteiger partial charge in [0.25, 0.3) is 10.0 Å². The van der Waals surface area contributed by atoms with Crippen LogP contribution in [0, 0.1) is 6.92 Å². The Morgan fingerprint density at radius 1 is 0.903 bits per heavy atom. The highest BCUT2D eigenvalue weighted by molar-refractivity contribution is 7.92. The van der Waals surface area contributed by atoms with Crippen LogP contribution in [0.5, 0.6) is 5.75 Å². The van der Waals surface area contributed by atoms with E-state index in [0.29, 0.717) is 17.7 Å². The lowest BCUT2D eigenvalue weighted by Crippen LogP contribution is -2.26. The van der Waals surface area contributed by atoms with Crippen molar-refractivity contribution in [2.75, 3.05) is 11.4 Å². The van der Waals surface area contributed by atoms with Crippen LogP contribution < -0.4 is 9.04 Å². The van der Waals surface area contributed by atoms with Crippen LogP contribution in [0.1, 0.15) is 39.6 Å². The number of aryl methyl sites for hydroxylation is 1. The summed E-state index contributed by atoms with van der Waals surface area (Å²) in [6.07, 6.45) is 0.386. The van der Waals surface area contributed by atoms with Crippen LogP contribution in [-0.4, -0.2) is 27.2 Å². The van der Waals surface area contributed by atoms with Gasteiger partial charge in [-0.25, -0.2) is 13.2 Å². The molecule has 0 saturated carbocycles. The monoisotopic (exact) mass is 437 g/mol. The number of ketones is 1. The largest absolute Gasteiger partial charge is 0.423 e. The van der Waals surface area contributed by atoms with Gasteiger partial charge in [0.1, 0.15) is 5.75 Å². The molecule has 3 aromatic carbocycles. The molecule has 0 aliphatic heterocycles. The van der Waals surface area contributed by atoms with E-state index < -0.39 is 16.0 Å². The molecule has 0 bridgehead atoms. The first-order valence-electron chi connectivity index (χ1n) is 9.73. The summed E-state index contributed by atoms with van der Waals surface area (Å²) < 4.78 is 32.5. The molecule has 31 heavy (non-hydrogen) atoms. The first kappa shape index (κ1) is 22.2. The zero-order valence-electron chi connectivity index (χ0n) is 17.5. The number of nitrogens with zero attached hydrogens (tertiary/aromatic N) is 1. The molecular formula is C24H23NO5S. The number of ether oxygens (including phenoxy) is 1. The van der Waals surface area contributed by atoms with Crippen molar-refractivity contribution in [1.82, 2.24) is 0 Å². The molecule has 0 radical (unpaired) electrons. The Labute approximate surface area is 182 Å². The molecular weight excluding hydrogens is 414 g/mol. The number of hydrogen-bond acceptors (Lipinski definition) is 5. The van der Waals surface area contributed by atoms with Gasteiger partial charge in [0.05, 0.1) is 16.1 Å². The summed E-state index contributed by atoms with van der Waals surface area (Å²) in [6.45, 7) is 3.69. The third-order valence-electron chi connectivity index (χ3n) is 4.83. The third kappa shape index (κ3) is 5.00. The van der Waals surface area contributed by atoms with Crippen LogP contribution in [-0.2, 0) is 10.0 Å². The highest BCUT2D eigenvalue weighted by Gasteiger charge is 2.23. The van der Waals surface area contributed by atoms with E-state index in [-0.39, 0.29) is 22.0 Å². The molecule has 0 fully saturated rings. The Morgan fingerprint density at radius 3 is 2.16 bits per heavy atom. The van der Waals surface area contributed by atoms with Gasteiger partial charge in [-0.05, 0) is 61.5 Å². The van der Waals surface area contributed by atoms with Crippen LogP contribution >= 0.6 is 0 Å². The maximum absolute atomic E-state index is 13.0. The smallest absolute Gasteiger partial charge is 0.343 e. The molecule has 160 valence electrons. The molecule has 0 N–H and O–H groups in total. The first-order chi connectivity index (χ1) is 14.7. The molecule has 0 aliphatic rings. The number of rotatable bonds is 7. The minimum absolute atomic E-state index is 0.00604. The van der Waals surface area contributed by atoms with Crippen molar-refractivity contribution in [2.24, 2.45) is 0 Å². The predicted molar refractivity (Wildman–Crippen MR) is 119 cm³/mol. The highest BCUT2D eigenvalue weighted by atomic mass is 32.2. The number of benzene rings is 3. The van der Waals surface area contributed by atoms with Gasteiger partial charge < -0.3 is 4.74 Å². The van der Waals surface area contributed by atoms with E-state index in [2.05, 4.69) is 0 Å². The zero-order valence-corrected chi connectivity index (χ0v) is 18.3. The lowest BCUT2D eigenvalue weighted by molar-refractivity contribution is 0.0734. The zero-order chi connectivity index (χ0) is 22.6. The second-order valence-electron chi connectivity index (χ2n) is 7.03. The molecule has 0 unspecified atom stereocenters. The third-order valence-corrected chi connectivity index (χ3v) is 6.62. The van der Waals surface area contributed by atoms with E-state index in [1.165, 1.54) is 47.8 Å². The predicted octanol–water partition coefficient (Wildman–Crippen LogP) is 4.63. The van der Waals surface area contributed by atoms with Crippen molar-refractivity contribution in [3.8, 4) is 5.75 Å². The van der Waals surface area contributed by atoms with Gasteiger partial charge in [-0.3, -0.25) is 9.10 Å². The molecule has 0 saturated heterocycles. The van der Waals surface area contributed by atoms with Gasteiger partial charge in [0, 0.05) is 19.0 Å². The molecule has 3 aromatic rings. The van der Waals surface area contributed by atoms with Crippen LogP contribution in [0.4, 0.5) is 5.69 Å². The summed E-state index contributed by atoms with van der Waals surface area (Å²) in [5.74, 6) is -0.430. The second-order valence-corrected chi connectivity index (χ2v) is 9.00. The molecule has 7 heteroatoms. The summed E-state index contributed by atoms with van der Waals surface area (Å²) in [4.78, 5) is 24.2. The molecule has 0 atom stereocenters. The summed E-state index contributed by atoms with van der Waals surface area (Å²) in [5, 5.41) is 0. The Balaban J connectivity index is 1.81. The number of Topliss-reactive ketones (excluding diaryl/α,β-unsaturated/α-hetero) is 1. The number of anilines is 1. The summed E-state index contributed by atoms with van der Waals surface area (Å²) in [6, 6.07) is 19.0. The molecule has 0 heterocycles. The molecule has 0 aliphatic carbocycles. The van der Waals surface area contributed by atoms with E-state index in [0.717, 1.165) is 5.56 Å². The topological polar surface area (TPSA) is 80.8 Å². The van der Waals surface area contributed by atoms with Crippen molar-refractivity contribution in [2.45, 2.75) is 25.2 Å². The number of sulfonamides is 1. The van der Waals surface area contributed by atoms with E-state index in [1.807, 2.05) is 19.1 Å². The van der Waals surface area contributed by atoms with Gasteiger partial charge in [0.15, 0.2) is 5.78 Å². The van der Waals surface area contributed by atoms with E-state index in [9.17, 15) is 18.0 Å². The minimum atomic E-state index is -3.86.